The topological polar surface area (TPSA) is 126 Å². The van der Waals surface area contributed by atoms with Gasteiger partial charge in [-0.15, -0.1) is 5.10 Å². The van der Waals surface area contributed by atoms with Gasteiger partial charge in [-0.1, -0.05) is 18.1 Å². The summed E-state index contributed by atoms with van der Waals surface area (Å²) < 4.78 is 18.4. The Bertz CT molecular complexity index is 1200. The van der Waals surface area contributed by atoms with Crippen LogP contribution in [-0.2, 0) is 16.6 Å². The number of methoxy groups -OCH3 is 1. The maximum absolute atomic E-state index is 12.2. The van der Waals surface area contributed by atoms with Gasteiger partial charge in [-0.3, -0.25) is 9.78 Å². The van der Waals surface area contributed by atoms with Crippen LogP contribution in [0.1, 0.15) is 45.2 Å². The average molecular weight is 496 g/mol. The number of esters is 1. The van der Waals surface area contributed by atoms with Gasteiger partial charge >= 0.3 is 5.97 Å². The molecule has 0 amide bonds. The lowest BCUT2D eigenvalue weighted by Gasteiger charge is -2.29. The van der Waals surface area contributed by atoms with Crippen LogP contribution in [0.4, 0.5) is 11.6 Å². The molecule has 0 aliphatic heterocycles. The molecule has 1 fully saturated rings. The zero-order chi connectivity index (χ0) is 25.7. The van der Waals surface area contributed by atoms with E-state index in [1.54, 1.807) is 24.1 Å². The summed E-state index contributed by atoms with van der Waals surface area (Å²) in [4.78, 5) is 25.5. The zero-order valence-corrected chi connectivity index (χ0v) is 21.4. The smallest absolute Gasteiger partial charge is 0.309 e. The molecule has 3 aromatic heterocycles. The number of rotatable bonds is 9. The molecule has 3 aromatic rings. The molecular formula is C25H33N7O4. The van der Waals surface area contributed by atoms with Gasteiger partial charge in [0.15, 0.2) is 17.3 Å². The minimum Gasteiger partial charge on any atom is -0.491 e. The Labute approximate surface area is 210 Å². The van der Waals surface area contributed by atoms with Crippen molar-refractivity contribution in [1.82, 2.24) is 29.9 Å². The van der Waals surface area contributed by atoms with Gasteiger partial charge in [0.25, 0.3) is 0 Å². The Morgan fingerprint density at radius 2 is 2.00 bits per heavy atom. The van der Waals surface area contributed by atoms with E-state index in [0.717, 1.165) is 31.4 Å². The summed E-state index contributed by atoms with van der Waals surface area (Å²) in [6, 6.07) is 3.73. The number of nitrogens with zero attached hydrogens (tertiary/aromatic N) is 6. The van der Waals surface area contributed by atoms with E-state index in [-0.39, 0.29) is 23.9 Å². The van der Waals surface area contributed by atoms with Gasteiger partial charge in [0.2, 0.25) is 5.88 Å². The third kappa shape index (κ3) is 5.89. The first kappa shape index (κ1) is 25.3. The van der Waals surface area contributed by atoms with E-state index in [2.05, 4.69) is 25.6 Å². The van der Waals surface area contributed by atoms with E-state index in [1.165, 1.54) is 7.11 Å². The molecule has 11 nitrogen and oxygen atoms in total. The van der Waals surface area contributed by atoms with Gasteiger partial charge in [0, 0.05) is 13.0 Å². The minimum atomic E-state index is -0.151. The maximum atomic E-state index is 12.2. The lowest BCUT2D eigenvalue weighted by Crippen LogP contribution is -2.32. The van der Waals surface area contributed by atoms with E-state index >= 15 is 0 Å². The Hall–Kier alpha value is -3.76. The number of ether oxygens (including phenoxy) is 3. The summed E-state index contributed by atoms with van der Waals surface area (Å²) in [7, 11) is 3.23. The van der Waals surface area contributed by atoms with E-state index in [0.29, 0.717) is 41.3 Å². The molecule has 1 aliphatic carbocycles. The van der Waals surface area contributed by atoms with Crippen molar-refractivity contribution in [2.45, 2.75) is 52.6 Å². The van der Waals surface area contributed by atoms with Crippen molar-refractivity contribution < 1.29 is 19.0 Å². The highest BCUT2D eigenvalue weighted by Crippen LogP contribution is 2.33. The van der Waals surface area contributed by atoms with Crippen LogP contribution in [-0.4, -0.2) is 55.7 Å². The molecule has 36 heavy (non-hydrogen) atoms. The number of aryl methyl sites for hydroxylation is 2. The highest BCUT2D eigenvalue weighted by atomic mass is 16.5. The predicted octanol–water partition coefficient (Wildman–Crippen LogP) is 3.86. The molecule has 0 bridgehead atoms. The molecule has 1 aliphatic rings. The Balaban J connectivity index is 1.49. The highest BCUT2D eigenvalue weighted by molar-refractivity contribution is 5.73. The molecule has 1 N–H and O–H groups in total. The summed E-state index contributed by atoms with van der Waals surface area (Å²) in [5.41, 5.74) is 1.94. The van der Waals surface area contributed by atoms with E-state index in [1.807, 2.05) is 32.9 Å². The number of hydrogen-bond acceptors (Lipinski definition) is 10. The second kappa shape index (κ2) is 11.3. The minimum absolute atomic E-state index is 0.0131. The fourth-order valence-electron chi connectivity index (χ4n) is 4.40. The molecule has 0 aromatic carbocycles. The quantitative estimate of drug-likeness (QED) is 0.437. The number of nitrogens with one attached hydrogen (secondary N) is 1. The van der Waals surface area contributed by atoms with Gasteiger partial charge in [-0.05, 0) is 45.7 Å². The van der Waals surface area contributed by atoms with Crippen LogP contribution in [0.5, 0.6) is 11.6 Å². The molecule has 192 valence electrons. The fraction of sp³-hybridized carbons (Fsp3) is 0.520. The third-order valence-electron chi connectivity index (χ3n) is 6.19. The van der Waals surface area contributed by atoms with Crippen LogP contribution >= 0.6 is 0 Å². The SMILES string of the molecule is COC(=O)[C@H]1CCCC[C@@H]1COc1ccc(-c2nnn(C)c2Nc2cncc(OC(C)C)n2)nc1C. The average Bonchev–Trinajstić information content (AvgIpc) is 3.22. The first-order valence-corrected chi connectivity index (χ1v) is 12.2. The van der Waals surface area contributed by atoms with Crippen LogP contribution in [0.3, 0.4) is 0 Å². The second-order valence-corrected chi connectivity index (χ2v) is 9.21. The van der Waals surface area contributed by atoms with Gasteiger partial charge < -0.3 is 19.5 Å². The zero-order valence-electron chi connectivity index (χ0n) is 21.4. The number of anilines is 2. The lowest BCUT2D eigenvalue weighted by atomic mass is 9.80. The third-order valence-corrected chi connectivity index (χ3v) is 6.19. The van der Waals surface area contributed by atoms with Crippen molar-refractivity contribution in [2.24, 2.45) is 18.9 Å². The van der Waals surface area contributed by atoms with Gasteiger partial charge in [0.05, 0.1) is 49.5 Å². The molecule has 0 spiro atoms. The molecule has 4 rings (SSSR count). The van der Waals surface area contributed by atoms with Crippen LogP contribution in [0.25, 0.3) is 11.4 Å². The normalized spacial score (nSPS) is 17.6. The van der Waals surface area contributed by atoms with Crippen LogP contribution in [0.2, 0.25) is 0 Å². The maximum Gasteiger partial charge on any atom is 0.309 e. The number of carbonyl (C=O) groups is 1. The number of pyridine rings is 1. The first-order chi connectivity index (χ1) is 17.4. The molecule has 11 heteroatoms. The van der Waals surface area contributed by atoms with Crippen molar-refractivity contribution in [3.8, 4) is 23.0 Å². The molecule has 0 saturated heterocycles. The molecule has 1 saturated carbocycles. The van der Waals surface area contributed by atoms with Gasteiger partial charge in [0.1, 0.15) is 5.75 Å². The van der Waals surface area contributed by atoms with Crippen LogP contribution in [0.15, 0.2) is 24.5 Å². The highest BCUT2D eigenvalue weighted by Gasteiger charge is 2.32. The lowest BCUT2D eigenvalue weighted by molar-refractivity contribution is -0.149. The molecule has 2 atom stereocenters. The summed E-state index contributed by atoms with van der Waals surface area (Å²) in [5, 5.41) is 11.7. The predicted molar refractivity (Wildman–Crippen MR) is 133 cm³/mol. The summed E-state index contributed by atoms with van der Waals surface area (Å²) >= 11 is 0. The number of carbonyl (C=O) groups excluding carboxylic acids is 1. The number of aromatic nitrogens is 6. The Morgan fingerprint density at radius 1 is 1.19 bits per heavy atom. The van der Waals surface area contributed by atoms with Crippen LogP contribution in [0, 0.1) is 18.8 Å². The van der Waals surface area contributed by atoms with Crippen molar-refractivity contribution in [2.75, 3.05) is 19.0 Å². The van der Waals surface area contributed by atoms with Crippen LogP contribution < -0.4 is 14.8 Å². The van der Waals surface area contributed by atoms with Crippen molar-refractivity contribution in [3.05, 3.63) is 30.2 Å². The van der Waals surface area contributed by atoms with Gasteiger partial charge in [-0.2, -0.15) is 4.98 Å². The summed E-state index contributed by atoms with van der Waals surface area (Å²) in [6.07, 6.45) is 7.09. The second-order valence-electron chi connectivity index (χ2n) is 9.21. The molecule has 3 heterocycles. The molecule has 0 unspecified atom stereocenters. The van der Waals surface area contributed by atoms with Crippen molar-refractivity contribution in [1.29, 1.82) is 0 Å². The van der Waals surface area contributed by atoms with E-state index in [9.17, 15) is 4.79 Å². The Morgan fingerprint density at radius 3 is 2.75 bits per heavy atom. The van der Waals surface area contributed by atoms with E-state index < -0.39 is 0 Å². The first-order valence-electron chi connectivity index (χ1n) is 12.2. The molecular weight excluding hydrogens is 462 g/mol. The number of hydrogen-bond donors (Lipinski definition) is 1. The molecule has 0 radical (unpaired) electrons. The largest absolute Gasteiger partial charge is 0.491 e. The van der Waals surface area contributed by atoms with Gasteiger partial charge in [-0.25, -0.2) is 9.67 Å². The van der Waals surface area contributed by atoms with Crippen molar-refractivity contribution >= 4 is 17.6 Å². The summed E-state index contributed by atoms with van der Waals surface area (Å²) in [5.74, 6) is 2.10. The monoisotopic (exact) mass is 495 g/mol. The summed E-state index contributed by atoms with van der Waals surface area (Å²) in [6.45, 7) is 6.20. The standard InChI is InChI=1S/C25H33N7O4/c1-15(2)36-22-13-26-12-21(28-22)29-24-23(30-31-32(24)4)19-10-11-20(16(3)27-19)35-14-17-8-6-7-9-18(17)25(33)34-5/h10-13,15,17-18H,6-9,14H2,1-5H3,(H,28,29)/t17-,18+/m1/s1. The Kier molecular flexibility index (Phi) is 7.97. The van der Waals surface area contributed by atoms with E-state index in [4.69, 9.17) is 19.2 Å². The fourth-order valence-corrected chi connectivity index (χ4v) is 4.40. The van der Waals surface area contributed by atoms with Crippen molar-refractivity contribution in [3.63, 3.8) is 0 Å².